The summed E-state index contributed by atoms with van der Waals surface area (Å²) in [6, 6.07) is 15.2. The van der Waals surface area contributed by atoms with E-state index in [1.807, 2.05) is 55.5 Å². The van der Waals surface area contributed by atoms with Crippen molar-refractivity contribution in [3.05, 3.63) is 59.1 Å². The molecule has 0 atom stereocenters. The molecule has 0 aliphatic rings. The fourth-order valence-corrected chi connectivity index (χ4v) is 2.71. The van der Waals surface area contributed by atoms with Crippen molar-refractivity contribution in [1.29, 1.82) is 0 Å². The Labute approximate surface area is 137 Å². The summed E-state index contributed by atoms with van der Waals surface area (Å²) in [6.45, 7) is 2.03. The molecule has 4 nitrogen and oxygen atoms in total. The highest BCUT2D eigenvalue weighted by atomic mass is 35.5. The Bertz CT molecular complexity index is 807. The minimum Gasteiger partial charge on any atom is -0.375 e. The number of nitrogens with zero attached hydrogens (tertiary/aromatic N) is 3. The van der Waals surface area contributed by atoms with Crippen LogP contribution in [0.1, 0.15) is 5.56 Å². The third kappa shape index (κ3) is 3.32. The van der Waals surface area contributed by atoms with E-state index in [0.29, 0.717) is 15.2 Å². The zero-order chi connectivity index (χ0) is 15.5. The van der Waals surface area contributed by atoms with Crippen molar-refractivity contribution < 1.29 is 0 Å². The smallest absolute Gasteiger partial charge is 0.182 e. The van der Waals surface area contributed by atoms with E-state index in [9.17, 15) is 0 Å². The average molecular weight is 329 g/mol. The zero-order valence-electron chi connectivity index (χ0n) is 11.8. The van der Waals surface area contributed by atoms with Crippen molar-refractivity contribution >= 4 is 38.8 Å². The Morgan fingerprint density at radius 2 is 1.68 bits per heavy atom. The van der Waals surface area contributed by atoms with Gasteiger partial charge in [0.05, 0.1) is 5.69 Å². The van der Waals surface area contributed by atoms with Crippen LogP contribution in [0, 0.1) is 6.92 Å². The van der Waals surface area contributed by atoms with Gasteiger partial charge in [-0.3, -0.25) is 0 Å². The second-order valence-corrected chi connectivity index (χ2v) is 6.19. The Morgan fingerprint density at radius 3 is 2.36 bits per heavy atom. The Morgan fingerprint density at radius 1 is 1.00 bits per heavy atom. The summed E-state index contributed by atoms with van der Waals surface area (Å²) in [6.07, 6.45) is 0. The summed E-state index contributed by atoms with van der Waals surface area (Å²) in [5.74, 6) is 0. The molecular weight excluding hydrogens is 316 g/mol. The molecule has 0 saturated carbocycles. The maximum atomic E-state index is 5.91. The van der Waals surface area contributed by atoms with Crippen LogP contribution in [-0.4, -0.2) is 4.98 Å². The van der Waals surface area contributed by atoms with Gasteiger partial charge in [0.1, 0.15) is 5.69 Å². The first-order valence-corrected chi connectivity index (χ1v) is 7.82. The molecule has 0 aliphatic heterocycles. The SMILES string of the molecule is Cc1ccc(N=Nc2sc(N)nc2-c2ccc(Cl)cc2)cc1. The number of aryl methyl sites for hydroxylation is 1. The van der Waals surface area contributed by atoms with Crippen molar-refractivity contribution in [3.63, 3.8) is 0 Å². The van der Waals surface area contributed by atoms with Crippen LogP contribution in [0.3, 0.4) is 0 Å². The van der Waals surface area contributed by atoms with Crippen molar-refractivity contribution in [3.8, 4) is 11.3 Å². The maximum Gasteiger partial charge on any atom is 0.182 e. The number of thiazole rings is 1. The molecule has 22 heavy (non-hydrogen) atoms. The van der Waals surface area contributed by atoms with Crippen LogP contribution >= 0.6 is 22.9 Å². The second kappa shape index (κ2) is 6.25. The van der Waals surface area contributed by atoms with Crippen LogP contribution in [0.15, 0.2) is 58.8 Å². The van der Waals surface area contributed by atoms with Gasteiger partial charge in [-0.2, -0.15) is 0 Å². The maximum absolute atomic E-state index is 5.91. The predicted octanol–water partition coefficient (Wildman–Crippen LogP) is 5.77. The monoisotopic (exact) mass is 328 g/mol. The molecular formula is C16H13ClN4S. The van der Waals surface area contributed by atoms with Crippen molar-refractivity contribution in [1.82, 2.24) is 4.98 Å². The highest BCUT2D eigenvalue weighted by Gasteiger charge is 2.11. The van der Waals surface area contributed by atoms with Crippen molar-refractivity contribution in [2.75, 3.05) is 5.73 Å². The van der Waals surface area contributed by atoms with Gasteiger partial charge in [0.25, 0.3) is 0 Å². The molecule has 110 valence electrons. The second-order valence-electron chi connectivity index (χ2n) is 4.75. The van der Waals surface area contributed by atoms with Crippen LogP contribution < -0.4 is 5.73 Å². The lowest BCUT2D eigenvalue weighted by atomic mass is 10.2. The summed E-state index contributed by atoms with van der Waals surface area (Å²) in [5, 5.41) is 10.4. The molecule has 0 aliphatic carbocycles. The number of halogens is 1. The van der Waals surface area contributed by atoms with Gasteiger partial charge in [0, 0.05) is 10.6 Å². The number of azo groups is 1. The first-order chi connectivity index (χ1) is 10.6. The van der Waals surface area contributed by atoms with Gasteiger partial charge in [0.15, 0.2) is 10.1 Å². The summed E-state index contributed by atoms with van der Waals surface area (Å²) < 4.78 is 0. The molecule has 3 rings (SSSR count). The molecule has 0 spiro atoms. The van der Waals surface area contributed by atoms with Crippen LogP contribution in [0.25, 0.3) is 11.3 Å². The van der Waals surface area contributed by atoms with Gasteiger partial charge in [-0.1, -0.05) is 52.8 Å². The molecule has 1 aromatic heterocycles. The normalized spacial score (nSPS) is 11.2. The van der Waals surface area contributed by atoms with E-state index in [1.165, 1.54) is 16.9 Å². The van der Waals surface area contributed by atoms with Crippen molar-refractivity contribution in [2.24, 2.45) is 10.2 Å². The van der Waals surface area contributed by atoms with Gasteiger partial charge < -0.3 is 5.73 Å². The number of aromatic nitrogens is 1. The van der Waals surface area contributed by atoms with Crippen LogP contribution in [-0.2, 0) is 0 Å². The highest BCUT2D eigenvalue weighted by Crippen LogP contribution is 2.38. The van der Waals surface area contributed by atoms with E-state index in [2.05, 4.69) is 15.2 Å². The van der Waals surface area contributed by atoms with Crippen LogP contribution in [0.4, 0.5) is 15.8 Å². The van der Waals surface area contributed by atoms with E-state index in [4.69, 9.17) is 17.3 Å². The number of hydrogen-bond acceptors (Lipinski definition) is 5. The summed E-state index contributed by atoms with van der Waals surface area (Å²) >= 11 is 7.22. The minimum atomic E-state index is 0.461. The first kappa shape index (κ1) is 14.7. The number of anilines is 1. The number of nitrogen functional groups attached to an aromatic ring is 1. The van der Waals surface area contributed by atoms with E-state index in [-0.39, 0.29) is 0 Å². The van der Waals surface area contributed by atoms with Crippen LogP contribution in [0.2, 0.25) is 5.02 Å². The molecule has 2 aromatic carbocycles. The fourth-order valence-electron chi connectivity index (χ4n) is 1.91. The van der Waals surface area contributed by atoms with Gasteiger partial charge in [-0.25, -0.2) is 4.98 Å². The largest absolute Gasteiger partial charge is 0.375 e. The Balaban J connectivity index is 1.94. The number of benzene rings is 2. The highest BCUT2D eigenvalue weighted by molar-refractivity contribution is 7.19. The van der Waals surface area contributed by atoms with Crippen molar-refractivity contribution in [2.45, 2.75) is 6.92 Å². The third-order valence-corrected chi connectivity index (χ3v) is 4.05. The van der Waals surface area contributed by atoms with Gasteiger partial charge in [-0.05, 0) is 31.2 Å². The Hall–Kier alpha value is -2.24. The van der Waals surface area contributed by atoms with Gasteiger partial charge >= 0.3 is 0 Å². The summed E-state index contributed by atoms with van der Waals surface area (Å²) in [7, 11) is 0. The molecule has 1 heterocycles. The topological polar surface area (TPSA) is 63.6 Å². The molecule has 0 fully saturated rings. The predicted molar refractivity (Wildman–Crippen MR) is 92.3 cm³/mol. The zero-order valence-corrected chi connectivity index (χ0v) is 13.4. The quantitative estimate of drug-likeness (QED) is 0.620. The van der Waals surface area contributed by atoms with E-state index >= 15 is 0 Å². The standard InChI is InChI=1S/C16H13ClN4S/c1-10-2-8-13(9-3-10)20-21-15-14(19-16(18)22-15)11-4-6-12(17)7-5-11/h2-9H,1H3,(H2,18,19). The van der Waals surface area contributed by atoms with E-state index in [0.717, 1.165) is 16.9 Å². The van der Waals surface area contributed by atoms with Gasteiger partial charge in [0.2, 0.25) is 0 Å². The summed E-state index contributed by atoms with van der Waals surface area (Å²) in [4.78, 5) is 4.34. The van der Waals surface area contributed by atoms with Gasteiger partial charge in [-0.15, -0.1) is 10.2 Å². The lowest BCUT2D eigenvalue weighted by Gasteiger charge is -1.98. The first-order valence-electron chi connectivity index (χ1n) is 6.62. The molecule has 2 N–H and O–H groups in total. The van der Waals surface area contributed by atoms with Crippen LogP contribution in [0.5, 0.6) is 0 Å². The lowest BCUT2D eigenvalue weighted by Crippen LogP contribution is -1.82. The number of nitrogens with two attached hydrogens (primary N) is 1. The molecule has 0 bridgehead atoms. The number of hydrogen-bond donors (Lipinski definition) is 1. The molecule has 0 amide bonds. The fraction of sp³-hybridized carbons (Fsp3) is 0.0625. The van der Waals surface area contributed by atoms with E-state index < -0.39 is 0 Å². The lowest BCUT2D eigenvalue weighted by molar-refractivity contribution is 1.24. The molecule has 6 heteroatoms. The Kier molecular flexibility index (Phi) is 4.18. The molecule has 0 saturated heterocycles. The molecule has 0 unspecified atom stereocenters. The molecule has 0 radical (unpaired) electrons. The molecule has 3 aromatic rings. The van der Waals surface area contributed by atoms with E-state index in [1.54, 1.807) is 0 Å². The third-order valence-electron chi connectivity index (χ3n) is 3.03. The average Bonchev–Trinajstić information content (AvgIpc) is 2.88. The minimum absolute atomic E-state index is 0.461. The number of rotatable bonds is 3. The summed E-state index contributed by atoms with van der Waals surface area (Å²) in [5.41, 5.74) is 9.42.